The van der Waals surface area contributed by atoms with Gasteiger partial charge in [0, 0.05) is 18.5 Å². The van der Waals surface area contributed by atoms with Crippen molar-refractivity contribution in [1.82, 2.24) is 10.6 Å². The van der Waals surface area contributed by atoms with Crippen LogP contribution in [0.2, 0.25) is 0 Å². The molecule has 5 aliphatic carbocycles. The summed E-state index contributed by atoms with van der Waals surface area (Å²) >= 11 is 0. The molecule has 0 aromatic carbocycles. The van der Waals surface area contributed by atoms with Crippen LogP contribution in [-0.4, -0.2) is 30.4 Å². The lowest BCUT2D eigenvalue weighted by molar-refractivity contribution is -0.132. The second-order valence-electron chi connectivity index (χ2n) is 9.55. The van der Waals surface area contributed by atoms with E-state index in [4.69, 9.17) is 5.73 Å². The molecule has 4 N–H and O–H groups in total. The van der Waals surface area contributed by atoms with Crippen molar-refractivity contribution in [3.8, 4) is 0 Å². The Kier molecular flexibility index (Phi) is 6.18. The van der Waals surface area contributed by atoms with Crippen molar-refractivity contribution < 1.29 is 9.59 Å². The van der Waals surface area contributed by atoms with Gasteiger partial charge >= 0.3 is 0 Å². The first-order chi connectivity index (χ1) is 12.0. The summed E-state index contributed by atoms with van der Waals surface area (Å²) in [6, 6.07) is 0.514. The monoisotopic (exact) mass is 383 g/mol. The van der Waals surface area contributed by atoms with Crippen molar-refractivity contribution in [2.75, 3.05) is 6.54 Å². The minimum atomic E-state index is -0.0562. The summed E-state index contributed by atoms with van der Waals surface area (Å²) < 4.78 is 0. The highest BCUT2D eigenvalue weighted by atomic mass is 35.5. The van der Waals surface area contributed by atoms with Crippen molar-refractivity contribution in [1.29, 1.82) is 0 Å². The molecule has 0 heterocycles. The molecule has 5 aliphatic rings. The predicted molar refractivity (Wildman–Crippen MR) is 104 cm³/mol. The lowest BCUT2D eigenvalue weighted by Gasteiger charge is -2.56. The lowest BCUT2D eigenvalue weighted by Crippen LogP contribution is -2.49. The van der Waals surface area contributed by atoms with E-state index in [1.165, 1.54) is 38.5 Å². The molecular weight excluding hydrogens is 350 g/mol. The maximum atomic E-state index is 12.5. The molecule has 5 rings (SSSR count). The van der Waals surface area contributed by atoms with Crippen molar-refractivity contribution in [3.63, 3.8) is 0 Å². The first kappa shape index (κ1) is 19.9. The Bertz CT molecular complexity index is 496. The molecule has 0 unspecified atom stereocenters. The Morgan fingerprint density at radius 3 is 1.96 bits per heavy atom. The van der Waals surface area contributed by atoms with Crippen LogP contribution in [0.5, 0.6) is 0 Å². The number of nitrogens with two attached hydrogens (primary N) is 1. The summed E-state index contributed by atoms with van der Waals surface area (Å²) in [7, 11) is 0. The molecule has 0 saturated heterocycles. The number of rotatable bonds is 5. The minimum Gasteiger partial charge on any atom is -0.352 e. The van der Waals surface area contributed by atoms with E-state index in [9.17, 15) is 9.59 Å². The van der Waals surface area contributed by atoms with Gasteiger partial charge in [-0.3, -0.25) is 9.59 Å². The Hall–Kier alpha value is -0.810. The van der Waals surface area contributed by atoms with Gasteiger partial charge in [-0.05, 0) is 87.4 Å². The van der Waals surface area contributed by atoms with E-state index >= 15 is 0 Å². The third kappa shape index (κ3) is 4.53. The van der Waals surface area contributed by atoms with Crippen molar-refractivity contribution in [2.24, 2.45) is 28.9 Å². The Morgan fingerprint density at radius 1 is 0.885 bits per heavy atom. The molecule has 0 atom stereocenters. The fourth-order valence-corrected chi connectivity index (χ4v) is 6.63. The second kappa shape index (κ2) is 8.05. The molecule has 6 heteroatoms. The third-order valence-corrected chi connectivity index (χ3v) is 7.28. The van der Waals surface area contributed by atoms with Gasteiger partial charge in [-0.2, -0.15) is 0 Å². The van der Waals surface area contributed by atoms with E-state index in [1.807, 2.05) is 0 Å². The molecule has 0 spiro atoms. The molecule has 4 bridgehead atoms. The summed E-state index contributed by atoms with van der Waals surface area (Å²) in [6.07, 6.45) is 12.4. The zero-order valence-electron chi connectivity index (χ0n) is 15.7. The second-order valence-corrected chi connectivity index (χ2v) is 9.55. The van der Waals surface area contributed by atoms with E-state index in [2.05, 4.69) is 10.6 Å². The predicted octanol–water partition coefficient (Wildman–Crippen LogP) is 2.52. The Balaban J connectivity index is 0.00000196. The number of amides is 2. The van der Waals surface area contributed by atoms with Crippen LogP contribution >= 0.6 is 12.4 Å². The molecule has 148 valence electrons. The van der Waals surface area contributed by atoms with Crippen LogP contribution in [0, 0.1) is 23.2 Å². The highest BCUT2D eigenvalue weighted by Gasteiger charge is 2.51. The van der Waals surface area contributed by atoms with Crippen molar-refractivity contribution in [3.05, 3.63) is 0 Å². The summed E-state index contributed by atoms with van der Waals surface area (Å²) in [5, 5.41) is 5.93. The van der Waals surface area contributed by atoms with Gasteiger partial charge in [0.05, 0.1) is 6.54 Å². The molecule has 0 aliphatic heterocycles. The van der Waals surface area contributed by atoms with Gasteiger partial charge in [-0.1, -0.05) is 0 Å². The van der Waals surface area contributed by atoms with E-state index in [1.54, 1.807) is 0 Å². The minimum absolute atomic E-state index is 0. The first-order valence-corrected chi connectivity index (χ1v) is 10.3. The van der Waals surface area contributed by atoms with E-state index in [0.29, 0.717) is 6.42 Å². The van der Waals surface area contributed by atoms with Gasteiger partial charge in [0.25, 0.3) is 0 Å². The van der Waals surface area contributed by atoms with Crippen molar-refractivity contribution >= 4 is 24.2 Å². The van der Waals surface area contributed by atoms with Gasteiger partial charge in [0.1, 0.15) is 0 Å². The number of hydrogen-bond acceptors (Lipinski definition) is 3. The standard InChI is InChI=1S/C20H33N3O2.ClH/c21-16-1-3-17(4-2-16)23-19(25)12-22-18(24)11-20-8-13-5-14(9-20)7-15(6-13)10-20;/h13-17H,1-12,21H2,(H,22,24)(H,23,25);1H. The Labute approximate surface area is 163 Å². The van der Waals surface area contributed by atoms with Gasteiger partial charge in [-0.25, -0.2) is 0 Å². The van der Waals surface area contributed by atoms with Crippen LogP contribution in [0.15, 0.2) is 0 Å². The maximum absolute atomic E-state index is 12.5. The summed E-state index contributed by atoms with van der Waals surface area (Å²) in [5.74, 6) is 2.60. The molecule has 5 saturated carbocycles. The van der Waals surface area contributed by atoms with Crippen LogP contribution in [0.4, 0.5) is 0 Å². The van der Waals surface area contributed by atoms with Gasteiger partial charge < -0.3 is 16.4 Å². The first-order valence-electron chi connectivity index (χ1n) is 10.3. The van der Waals surface area contributed by atoms with Gasteiger partial charge in [-0.15, -0.1) is 12.4 Å². The number of carbonyl (C=O) groups excluding carboxylic acids is 2. The zero-order valence-corrected chi connectivity index (χ0v) is 16.5. The van der Waals surface area contributed by atoms with Crippen LogP contribution in [-0.2, 0) is 9.59 Å². The van der Waals surface area contributed by atoms with Crippen LogP contribution < -0.4 is 16.4 Å². The average Bonchev–Trinajstić information content (AvgIpc) is 2.53. The highest BCUT2D eigenvalue weighted by Crippen LogP contribution is 2.61. The largest absolute Gasteiger partial charge is 0.352 e. The molecule has 0 aromatic rings. The van der Waals surface area contributed by atoms with Crippen LogP contribution in [0.25, 0.3) is 0 Å². The van der Waals surface area contributed by atoms with Crippen molar-refractivity contribution in [2.45, 2.75) is 82.7 Å². The zero-order chi connectivity index (χ0) is 17.4. The highest BCUT2D eigenvalue weighted by molar-refractivity contribution is 5.85. The fraction of sp³-hybridized carbons (Fsp3) is 0.900. The number of halogens is 1. The van der Waals surface area contributed by atoms with Gasteiger partial charge in [0.2, 0.25) is 11.8 Å². The average molecular weight is 384 g/mol. The van der Waals surface area contributed by atoms with E-state index in [-0.39, 0.29) is 48.3 Å². The number of carbonyl (C=O) groups is 2. The van der Waals surface area contributed by atoms with Crippen LogP contribution in [0.3, 0.4) is 0 Å². The normalized spacial score (nSPS) is 40.6. The molecule has 5 fully saturated rings. The molecule has 0 radical (unpaired) electrons. The molecule has 26 heavy (non-hydrogen) atoms. The molecule has 0 aromatic heterocycles. The summed E-state index contributed by atoms with van der Waals surface area (Å²) in [4.78, 5) is 24.6. The van der Waals surface area contributed by atoms with E-state index in [0.717, 1.165) is 43.4 Å². The number of nitrogens with one attached hydrogen (secondary N) is 2. The quantitative estimate of drug-likeness (QED) is 0.682. The van der Waals surface area contributed by atoms with Gasteiger partial charge in [0.15, 0.2) is 0 Å². The van der Waals surface area contributed by atoms with Crippen LogP contribution in [0.1, 0.15) is 70.6 Å². The summed E-state index contributed by atoms with van der Waals surface area (Å²) in [5.41, 5.74) is 6.14. The Morgan fingerprint density at radius 2 is 1.42 bits per heavy atom. The smallest absolute Gasteiger partial charge is 0.239 e. The molecule has 5 nitrogen and oxygen atoms in total. The topological polar surface area (TPSA) is 84.2 Å². The SMILES string of the molecule is Cl.NC1CCC(NC(=O)CNC(=O)CC23CC4CC(CC(C4)C2)C3)CC1. The maximum Gasteiger partial charge on any atom is 0.239 e. The molecule has 2 amide bonds. The number of hydrogen-bond donors (Lipinski definition) is 3. The fourth-order valence-electron chi connectivity index (χ4n) is 6.63. The van der Waals surface area contributed by atoms with E-state index < -0.39 is 0 Å². The third-order valence-electron chi connectivity index (χ3n) is 7.28. The summed E-state index contributed by atoms with van der Waals surface area (Å²) in [6.45, 7) is 0.119. The lowest BCUT2D eigenvalue weighted by atomic mass is 9.49. The molecular formula is C20H34ClN3O2.